The van der Waals surface area contributed by atoms with Crippen molar-refractivity contribution in [2.24, 2.45) is 5.73 Å². The highest BCUT2D eigenvalue weighted by Crippen LogP contribution is 2.25. The molecule has 0 bridgehead atoms. The van der Waals surface area contributed by atoms with Gasteiger partial charge in [0.15, 0.2) is 0 Å². The summed E-state index contributed by atoms with van der Waals surface area (Å²) in [5, 5.41) is 0. The maximum atomic E-state index is 6.10. The Hall–Kier alpha value is -2.58. The fourth-order valence-electron chi connectivity index (χ4n) is 3.46. The van der Waals surface area contributed by atoms with Crippen LogP contribution in [-0.2, 0) is 6.42 Å². The summed E-state index contributed by atoms with van der Waals surface area (Å²) in [6, 6.07) is 27.8. The maximum Gasteiger partial charge on any atom is 0.119 e. The van der Waals surface area contributed by atoms with Crippen molar-refractivity contribution in [3.8, 4) is 16.9 Å². The summed E-state index contributed by atoms with van der Waals surface area (Å²) >= 11 is 0. The number of unbranched alkanes of at least 4 members (excludes halogenated alkanes) is 2. The molecular weight excluding hydrogens is 342 g/mol. The molecule has 3 aromatic carbocycles. The highest BCUT2D eigenvalue weighted by molar-refractivity contribution is 5.63. The molecule has 1 unspecified atom stereocenters. The Balaban J connectivity index is 1.60. The molecule has 2 nitrogen and oxygen atoms in total. The summed E-state index contributed by atoms with van der Waals surface area (Å²) in [5.41, 5.74) is 11.2. The Morgan fingerprint density at radius 3 is 2.11 bits per heavy atom. The molecule has 0 fully saturated rings. The molecule has 2 heteroatoms. The number of hydrogen-bond donors (Lipinski definition) is 1. The zero-order valence-corrected chi connectivity index (χ0v) is 16.8. The molecular formula is C26H31NO. The van der Waals surface area contributed by atoms with Gasteiger partial charge in [-0.2, -0.15) is 0 Å². The van der Waals surface area contributed by atoms with E-state index >= 15 is 0 Å². The van der Waals surface area contributed by atoms with Crippen LogP contribution in [0.4, 0.5) is 0 Å². The van der Waals surface area contributed by atoms with E-state index in [9.17, 15) is 0 Å². The molecule has 3 rings (SSSR count). The average Bonchev–Trinajstić information content (AvgIpc) is 2.77. The first-order chi connectivity index (χ1) is 13.8. The van der Waals surface area contributed by atoms with Crippen molar-refractivity contribution < 1.29 is 4.74 Å². The minimum absolute atomic E-state index is 0.321. The monoisotopic (exact) mass is 373 g/mol. The lowest BCUT2D eigenvalue weighted by molar-refractivity contribution is 0.306. The zero-order valence-electron chi connectivity index (χ0n) is 16.8. The van der Waals surface area contributed by atoms with E-state index in [1.165, 1.54) is 35.1 Å². The largest absolute Gasteiger partial charge is 0.494 e. The predicted molar refractivity (Wildman–Crippen MR) is 119 cm³/mol. The molecule has 0 aromatic heterocycles. The number of nitrogens with two attached hydrogens (primary N) is 1. The zero-order chi connectivity index (χ0) is 19.6. The third-order valence-corrected chi connectivity index (χ3v) is 5.20. The van der Waals surface area contributed by atoms with E-state index in [-0.39, 0.29) is 0 Å². The van der Waals surface area contributed by atoms with E-state index < -0.39 is 0 Å². The van der Waals surface area contributed by atoms with Crippen LogP contribution in [0.25, 0.3) is 11.1 Å². The molecule has 2 N–H and O–H groups in total. The highest BCUT2D eigenvalue weighted by atomic mass is 16.5. The molecule has 0 aliphatic heterocycles. The van der Waals surface area contributed by atoms with Gasteiger partial charge in [0.05, 0.1) is 6.61 Å². The first-order valence-electron chi connectivity index (χ1n) is 10.4. The quantitative estimate of drug-likeness (QED) is 0.429. The summed E-state index contributed by atoms with van der Waals surface area (Å²) in [5.74, 6) is 1.28. The average molecular weight is 374 g/mol. The Kier molecular flexibility index (Phi) is 7.69. The Bertz CT molecular complexity index is 809. The number of hydrogen-bond acceptors (Lipinski definition) is 2. The van der Waals surface area contributed by atoms with E-state index in [4.69, 9.17) is 10.5 Å². The fourth-order valence-corrected chi connectivity index (χ4v) is 3.46. The smallest absolute Gasteiger partial charge is 0.119 e. The first-order valence-corrected chi connectivity index (χ1v) is 10.4. The molecule has 0 radical (unpaired) electrons. The maximum absolute atomic E-state index is 6.10. The molecule has 0 heterocycles. The van der Waals surface area contributed by atoms with Crippen LogP contribution in [0, 0.1) is 0 Å². The number of rotatable bonds is 10. The van der Waals surface area contributed by atoms with Gasteiger partial charge in [0.2, 0.25) is 0 Å². The lowest BCUT2D eigenvalue weighted by atomic mass is 9.91. The van der Waals surface area contributed by atoms with Gasteiger partial charge in [0, 0.05) is 5.92 Å². The summed E-state index contributed by atoms with van der Waals surface area (Å²) in [6.07, 6.45) is 4.50. The number of ether oxygens (including phenoxy) is 1. The Morgan fingerprint density at radius 2 is 1.46 bits per heavy atom. The normalized spacial score (nSPS) is 11.9. The van der Waals surface area contributed by atoms with Gasteiger partial charge in [-0.1, -0.05) is 86.5 Å². The standard InChI is InChI=1S/C26H31NO/c1-2-3-7-18-28-26-16-10-21(11-17-26)19-25(20-27)24-14-12-23(13-15-24)22-8-5-4-6-9-22/h4-6,8-17,25H,2-3,7,18-20,27H2,1H3. The van der Waals surface area contributed by atoms with Gasteiger partial charge in [-0.25, -0.2) is 0 Å². The van der Waals surface area contributed by atoms with Crippen LogP contribution < -0.4 is 10.5 Å². The van der Waals surface area contributed by atoms with Crippen molar-refractivity contribution in [3.63, 3.8) is 0 Å². The molecule has 0 amide bonds. The second kappa shape index (κ2) is 10.7. The molecule has 0 aliphatic carbocycles. The lowest BCUT2D eigenvalue weighted by Crippen LogP contribution is -2.15. The first kappa shape index (κ1) is 20.2. The molecule has 1 atom stereocenters. The minimum Gasteiger partial charge on any atom is -0.494 e. The Morgan fingerprint density at radius 1 is 0.786 bits per heavy atom. The molecule has 0 spiro atoms. The summed E-state index contributed by atoms with van der Waals surface area (Å²) in [4.78, 5) is 0. The molecule has 28 heavy (non-hydrogen) atoms. The van der Waals surface area contributed by atoms with Crippen molar-refractivity contribution in [1.29, 1.82) is 0 Å². The molecule has 0 aliphatic rings. The summed E-state index contributed by atoms with van der Waals surface area (Å²) in [6.45, 7) is 3.64. The van der Waals surface area contributed by atoms with Gasteiger partial charge < -0.3 is 10.5 Å². The highest BCUT2D eigenvalue weighted by Gasteiger charge is 2.11. The molecule has 0 saturated carbocycles. The van der Waals surface area contributed by atoms with Crippen LogP contribution >= 0.6 is 0 Å². The number of benzene rings is 3. The topological polar surface area (TPSA) is 35.2 Å². The molecule has 0 saturated heterocycles. The summed E-state index contributed by atoms with van der Waals surface area (Å²) < 4.78 is 5.81. The van der Waals surface area contributed by atoms with E-state index in [0.29, 0.717) is 12.5 Å². The van der Waals surface area contributed by atoms with Gasteiger partial charge in [-0.05, 0) is 53.8 Å². The van der Waals surface area contributed by atoms with Crippen molar-refractivity contribution in [1.82, 2.24) is 0 Å². The Labute approximate surface area is 169 Å². The van der Waals surface area contributed by atoms with Gasteiger partial charge in [0.1, 0.15) is 5.75 Å². The second-order valence-corrected chi connectivity index (χ2v) is 7.32. The van der Waals surface area contributed by atoms with Crippen LogP contribution in [0.2, 0.25) is 0 Å². The van der Waals surface area contributed by atoms with Gasteiger partial charge in [-0.3, -0.25) is 0 Å². The minimum atomic E-state index is 0.321. The van der Waals surface area contributed by atoms with Crippen LogP contribution in [-0.4, -0.2) is 13.2 Å². The summed E-state index contributed by atoms with van der Waals surface area (Å²) in [7, 11) is 0. The third-order valence-electron chi connectivity index (χ3n) is 5.20. The molecule has 146 valence electrons. The van der Waals surface area contributed by atoms with Gasteiger partial charge in [0.25, 0.3) is 0 Å². The second-order valence-electron chi connectivity index (χ2n) is 7.32. The van der Waals surface area contributed by atoms with E-state index in [2.05, 4.69) is 79.7 Å². The van der Waals surface area contributed by atoms with Gasteiger partial charge >= 0.3 is 0 Å². The van der Waals surface area contributed by atoms with Crippen LogP contribution in [0.5, 0.6) is 5.75 Å². The lowest BCUT2D eigenvalue weighted by Gasteiger charge is -2.16. The SMILES string of the molecule is CCCCCOc1ccc(CC(CN)c2ccc(-c3ccccc3)cc2)cc1. The van der Waals surface area contributed by atoms with Crippen LogP contribution in [0.1, 0.15) is 43.2 Å². The van der Waals surface area contributed by atoms with Gasteiger partial charge in [-0.15, -0.1) is 0 Å². The van der Waals surface area contributed by atoms with E-state index in [1.807, 2.05) is 6.07 Å². The van der Waals surface area contributed by atoms with Crippen LogP contribution in [0.3, 0.4) is 0 Å². The molecule has 3 aromatic rings. The fraction of sp³-hybridized carbons (Fsp3) is 0.308. The van der Waals surface area contributed by atoms with Crippen LogP contribution in [0.15, 0.2) is 78.9 Å². The third kappa shape index (κ3) is 5.71. The van der Waals surface area contributed by atoms with E-state index in [0.717, 1.165) is 25.2 Å². The van der Waals surface area contributed by atoms with Crippen molar-refractivity contribution in [2.45, 2.75) is 38.5 Å². The van der Waals surface area contributed by atoms with Crippen molar-refractivity contribution in [3.05, 3.63) is 90.0 Å². The van der Waals surface area contributed by atoms with Crippen molar-refractivity contribution in [2.75, 3.05) is 13.2 Å². The predicted octanol–water partition coefficient (Wildman–Crippen LogP) is 6.21. The van der Waals surface area contributed by atoms with E-state index in [1.54, 1.807) is 0 Å². The van der Waals surface area contributed by atoms with Crippen molar-refractivity contribution >= 4 is 0 Å².